The number of nitrogens with one attached hydrogen (secondary N) is 1. The largest absolute Gasteiger partial charge is 0.383 e. The van der Waals surface area contributed by atoms with Gasteiger partial charge in [0.15, 0.2) is 0 Å². The van der Waals surface area contributed by atoms with Gasteiger partial charge >= 0.3 is 0 Å². The third-order valence-electron chi connectivity index (χ3n) is 2.50. The molecule has 0 aromatic heterocycles. The Morgan fingerprint density at radius 3 is 2.67 bits per heavy atom. The van der Waals surface area contributed by atoms with Crippen LogP contribution in [0, 0.1) is 0 Å². The zero-order chi connectivity index (χ0) is 11.6. The van der Waals surface area contributed by atoms with Gasteiger partial charge in [-0.15, -0.1) is 0 Å². The van der Waals surface area contributed by atoms with Crippen LogP contribution in [0.1, 0.15) is 20.8 Å². The standard InChI is InChI=1S/C10H18N2O3/c1-7(6-15-4)12-5-8(13)11-10(2,3)9(12)14/h7H,5-6H2,1-4H3,(H,11,13). The number of rotatable bonds is 3. The average Bonchev–Trinajstić information content (AvgIpc) is 2.10. The van der Waals surface area contributed by atoms with E-state index in [0.29, 0.717) is 6.61 Å². The van der Waals surface area contributed by atoms with Gasteiger partial charge in [-0.25, -0.2) is 0 Å². The molecule has 5 nitrogen and oxygen atoms in total. The van der Waals surface area contributed by atoms with E-state index in [9.17, 15) is 9.59 Å². The van der Waals surface area contributed by atoms with Gasteiger partial charge in [-0.2, -0.15) is 0 Å². The molecule has 0 saturated carbocycles. The van der Waals surface area contributed by atoms with Crippen LogP contribution in [-0.2, 0) is 14.3 Å². The van der Waals surface area contributed by atoms with Crippen molar-refractivity contribution in [2.45, 2.75) is 32.4 Å². The van der Waals surface area contributed by atoms with Crippen LogP contribution in [0.4, 0.5) is 0 Å². The first-order valence-electron chi connectivity index (χ1n) is 4.99. The maximum absolute atomic E-state index is 12.0. The van der Waals surface area contributed by atoms with Crippen molar-refractivity contribution in [3.05, 3.63) is 0 Å². The Balaban J connectivity index is 2.79. The number of nitrogens with zero attached hydrogens (tertiary/aromatic N) is 1. The molecule has 86 valence electrons. The van der Waals surface area contributed by atoms with E-state index in [4.69, 9.17) is 4.74 Å². The number of amides is 2. The zero-order valence-corrected chi connectivity index (χ0v) is 9.66. The number of methoxy groups -OCH3 is 1. The number of hydrogen-bond donors (Lipinski definition) is 1. The molecular weight excluding hydrogens is 196 g/mol. The van der Waals surface area contributed by atoms with Crippen molar-refractivity contribution in [2.75, 3.05) is 20.3 Å². The SMILES string of the molecule is COCC(C)N1CC(=O)NC(C)(C)C1=O. The Hall–Kier alpha value is -1.10. The van der Waals surface area contributed by atoms with Crippen LogP contribution < -0.4 is 5.32 Å². The number of ether oxygens (including phenoxy) is 1. The third kappa shape index (κ3) is 2.47. The maximum atomic E-state index is 12.0. The molecule has 0 aliphatic carbocycles. The normalized spacial score (nSPS) is 22.5. The lowest BCUT2D eigenvalue weighted by molar-refractivity contribution is -0.151. The van der Waals surface area contributed by atoms with Crippen molar-refractivity contribution >= 4 is 11.8 Å². The summed E-state index contributed by atoms with van der Waals surface area (Å²) in [5.74, 6) is -0.186. The van der Waals surface area contributed by atoms with Crippen molar-refractivity contribution in [2.24, 2.45) is 0 Å². The Bertz CT molecular complexity index is 276. The van der Waals surface area contributed by atoms with Gasteiger partial charge in [0.05, 0.1) is 19.2 Å². The predicted molar refractivity (Wildman–Crippen MR) is 55.3 cm³/mol. The zero-order valence-electron chi connectivity index (χ0n) is 9.66. The summed E-state index contributed by atoms with van der Waals surface area (Å²) in [6.45, 7) is 5.84. The van der Waals surface area contributed by atoms with Gasteiger partial charge in [-0.3, -0.25) is 9.59 Å². The van der Waals surface area contributed by atoms with E-state index in [-0.39, 0.29) is 24.4 Å². The molecule has 1 fully saturated rings. The van der Waals surface area contributed by atoms with Crippen molar-refractivity contribution < 1.29 is 14.3 Å². The lowest BCUT2D eigenvalue weighted by atomic mass is 9.99. The molecule has 1 unspecified atom stereocenters. The van der Waals surface area contributed by atoms with Crippen LogP contribution in [0.3, 0.4) is 0 Å². The van der Waals surface area contributed by atoms with Crippen LogP contribution in [0.2, 0.25) is 0 Å². The summed E-state index contributed by atoms with van der Waals surface area (Å²) in [5.41, 5.74) is -0.808. The van der Waals surface area contributed by atoms with Crippen LogP contribution in [0.5, 0.6) is 0 Å². The first-order chi connectivity index (χ1) is 6.88. The smallest absolute Gasteiger partial charge is 0.248 e. The highest BCUT2D eigenvalue weighted by Crippen LogP contribution is 2.15. The quantitative estimate of drug-likeness (QED) is 0.705. The number of carbonyl (C=O) groups is 2. The van der Waals surface area contributed by atoms with Gasteiger partial charge in [0, 0.05) is 7.11 Å². The van der Waals surface area contributed by atoms with E-state index < -0.39 is 5.54 Å². The summed E-state index contributed by atoms with van der Waals surface area (Å²) in [4.78, 5) is 24.9. The van der Waals surface area contributed by atoms with Gasteiger partial charge in [0.2, 0.25) is 11.8 Å². The number of carbonyl (C=O) groups excluding carboxylic acids is 2. The fraction of sp³-hybridized carbons (Fsp3) is 0.800. The first kappa shape index (κ1) is 12.0. The minimum absolute atomic E-state index is 0.0633. The minimum atomic E-state index is -0.808. The molecule has 2 amide bonds. The number of hydrogen-bond acceptors (Lipinski definition) is 3. The highest BCUT2D eigenvalue weighted by Gasteiger charge is 2.40. The van der Waals surface area contributed by atoms with Crippen molar-refractivity contribution in [1.29, 1.82) is 0 Å². The van der Waals surface area contributed by atoms with Crippen molar-refractivity contribution in [3.8, 4) is 0 Å². The molecule has 0 spiro atoms. The highest BCUT2D eigenvalue weighted by molar-refractivity contribution is 5.97. The second kappa shape index (κ2) is 4.18. The fourth-order valence-electron chi connectivity index (χ4n) is 1.71. The third-order valence-corrected chi connectivity index (χ3v) is 2.50. The summed E-state index contributed by atoms with van der Waals surface area (Å²) in [6.07, 6.45) is 0. The number of piperazine rings is 1. The maximum Gasteiger partial charge on any atom is 0.248 e. The molecule has 1 saturated heterocycles. The lowest BCUT2D eigenvalue weighted by Crippen LogP contribution is -2.65. The summed E-state index contributed by atoms with van der Waals surface area (Å²) < 4.78 is 4.98. The fourth-order valence-corrected chi connectivity index (χ4v) is 1.71. The van der Waals surface area contributed by atoms with E-state index in [0.717, 1.165) is 0 Å². The molecule has 1 N–H and O–H groups in total. The molecule has 0 aromatic carbocycles. The predicted octanol–water partition coefficient (Wildman–Crippen LogP) is -0.242. The van der Waals surface area contributed by atoms with Crippen LogP contribution in [0.15, 0.2) is 0 Å². The van der Waals surface area contributed by atoms with E-state index in [1.807, 2.05) is 6.92 Å². The molecule has 0 bridgehead atoms. The van der Waals surface area contributed by atoms with E-state index in [1.54, 1.807) is 25.9 Å². The van der Waals surface area contributed by atoms with E-state index >= 15 is 0 Å². The molecule has 1 rings (SSSR count). The second-order valence-electron chi connectivity index (χ2n) is 4.41. The lowest BCUT2D eigenvalue weighted by Gasteiger charge is -2.40. The summed E-state index contributed by atoms with van der Waals surface area (Å²) in [5, 5.41) is 2.66. The monoisotopic (exact) mass is 214 g/mol. The van der Waals surface area contributed by atoms with Gasteiger partial charge in [0.1, 0.15) is 5.54 Å². The van der Waals surface area contributed by atoms with Gasteiger partial charge in [-0.1, -0.05) is 0 Å². The van der Waals surface area contributed by atoms with Crippen LogP contribution >= 0.6 is 0 Å². The molecule has 0 aromatic rings. The Kier molecular flexibility index (Phi) is 3.34. The molecule has 1 heterocycles. The molecule has 15 heavy (non-hydrogen) atoms. The topological polar surface area (TPSA) is 58.6 Å². The van der Waals surface area contributed by atoms with Gasteiger partial charge in [0.25, 0.3) is 0 Å². The molecule has 1 aliphatic heterocycles. The van der Waals surface area contributed by atoms with E-state index in [2.05, 4.69) is 5.32 Å². The van der Waals surface area contributed by atoms with Gasteiger partial charge in [-0.05, 0) is 20.8 Å². The summed E-state index contributed by atoms with van der Waals surface area (Å²) in [6, 6.07) is -0.0761. The Morgan fingerprint density at radius 2 is 2.13 bits per heavy atom. The first-order valence-corrected chi connectivity index (χ1v) is 4.99. The molecule has 1 atom stereocenters. The summed E-state index contributed by atoms with van der Waals surface area (Å²) >= 11 is 0. The van der Waals surface area contributed by atoms with Gasteiger partial charge < -0.3 is 15.0 Å². The Labute approximate surface area is 89.8 Å². The van der Waals surface area contributed by atoms with Crippen molar-refractivity contribution in [1.82, 2.24) is 10.2 Å². The highest BCUT2D eigenvalue weighted by atomic mass is 16.5. The molecule has 5 heteroatoms. The molecule has 0 radical (unpaired) electrons. The average molecular weight is 214 g/mol. The molecule has 1 aliphatic rings. The minimum Gasteiger partial charge on any atom is -0.383 e. The Morgan fingerprint density at radius 1 is 1.53 bits per heavy atom. The summed E-state index contributed by atoms with van der Waals surface area (Å²) in [7, 11) is 1.58. The van der Waals surface area contributed by atoms with Crippen molar-refractivity contribution in [3.63, 3.8) is 0 Å². The van der Waals surface area contributed by atoms with Crippen LogP contribution in [0.25, 0.3) is 0 Å². The second-order valence-corrected chi connectivity index (χ2v) is 4.41. The van der Waals surface area contributed by atoms with Crippen LogP contribution in [-0.4, -0.2) is 48.6 Å². The molecular formula is C10H18N2O3. The van der Waals surface area contributed by atoms with E-state index in [1.165, 1.54) is 0 Å².